The average molecular weight is 351 g/mol. The summed E-state index contributed by atoms with van der Waals surface area (Å²) in [6, 6.07) is 8.05. The number of aromatic nitrogens is 4. The fraction of sp³-hybridized carbons (Fsp3) is 0.286. The molecule has 0 amide bonds. The molecule has 0 aliphatic carbocycles. The normalized spacial score (nSPS) is 11.3. The summed E-state index contributed by atoms with van der Waals surface area (Å²) in [4.78, 5) is 3.30. The van der Waals surface area contributed by atoms with Crippen molar-refractivity contribution in [3.8, 4) is 5.69 Å². The molecule has 0 spiro atoms. The van der Waals surface area contributed by atoms with Gasteiger partial charge in [0.2, 0.25) is 0 Å². The lowest BCUT2D eigenvalue weighted by molar-refractivity contribution is 0.735. The van der Waals surface area contributed by atoms with Crippen LogP contribution in [0.2, 0.25) is 0 Å². The number of halogens is 1. The first-order valence-electron chi connectivity index (χ1n) is 6.55. The van der Waals surface area contributed by atoms with Crippen molar-refractivity contribution in [1.29, 1.82) is 0 Å². The van der Waals surface area contributed by atoms with Crippen LogP contribution < -0.4 is 0 Å². The first-order valence-corrected chi connectivity index (χ1v) is 7.75. The molecule has 0 bridgehead atoms. The molecule has 0 fully saturated rings. The highest BCUT2D eigenvalue weighted by Gasteiger charge is 2.16. The number of para-hydroxylation sites is 1. The summed E-state index contributed by atoms with van der Waals surface area (Å²) in [6.45, 7) is 2.15. The molecule has 0 aliphatic rings. The molecule has 6 heteroatoms. The molecule has 0 saturated heterocycles. The number of rotatable bonds is 3. The van der Waals surface area contributed by atoms with Gasteiger partial charge >= 0.3 is 0 Å². The molecule has 1 N–H and O–H groups in total. The zero-order valence-electron chi connectivity index (χ0n) is 11.4. The van der Waals surface area contributed by atoms with E-state index in [-0.39, 0.29) is 0 Å². The van der Waals surface area contributed by atoms with Crippen LogP contribution in [0.15, 0.2) is 28.7 Å². The molecular weight excluding hydrogens is 336 g/mol. The van der Waals surface area contributed by atoms with Gasteiger partial charge in [0.25, 0.3) is 0 Å². The molecule has 0 atom stereocenters. The number of hydrogen-bond acceptors (Lipinski definition) is 2. The summed E-state index contributed by atoms with van der Waals surface area (Å²) in [6.07, 6.45) is 2.01. The minimum atomic E-state index is 0.692. The monoisotopic (exact) mass is 350 g/mol. The van der Waals surface area contributed by atoms with E-state index in [1.165, 1.54) is 0 Å². The Bertz CT molecular complexity index is 827. The van der Waals surface area contributed by atoms with E-state index in [2.05, 4.69) is 32.9 Å². The van der Waals surface area contributed by atoms with Crippen molar-refractivity contribution in [2.45, 2.75) is 19.8 Å². The average Bonchev–Trinajstić information content (AvgIpc) is 2.89. The zero-order chi connectivity index (χ0) is 14.3. The van der Waals surface area contributed by atoms with Gasteiger partial charge in [-0.2, -0.15) is 5.10 Å². The highest BCUT2D eigenvalue weighted by molar-refractivity contribution is 9.10. The van der Waals surface area contributed by atoms with Crippen molar-refractivity contribution in [2.24, 2.45) is 7.05 Å². The van der Waals surface area contributed by atoms with E-state index in [1.54, 1.807) is 0 Å². The maximum atomic E-state index is 5.50. The summed E-state index contributed by atoms with van der Waals surface area (Å²) in [7, 11) is 1.96. The van der Waals surface area contributed by atoms with Crippen LogP contribution in [-0.4, -0.2) is 19.3 Å². The van der Waals surface area contributed by atoms with E-state index in [1.807, 2.05) is 40.6 Å². The Morgan fingerprint density at radius 1 is 1.35 bits per heavy atom. The molecule has 3 aromatic rings. The standard InChI is InChI=1S/C14H15BrN4S/c1-3-6-10-12-13(18(2)17-10)19(14(20)16-12)11-8-5-4-7-9(11)15/h4-5,7-8H,3,6H2,1-2H3,(H,16,20). The molecule has 2 heterocycles. The number of nitrogens with one attached hydrogen (secondary N) is 1. The number of H-pyrrole nitrogens is 1. The highest BCUT2D eigenvalue weighted by atomic mass is 79.9. The van der Waals surface area contributed by atoms with Gasteiger partial charge < -0.3 is 4.98 Å². The number of hydrogen-bond donors (Lipinski definition) is 1. The number of fused-ring (bicyclic) bond motifs is 1. The highest BCUT2D eigenvalue weighted by Crippen LogP contribution is 2.27. The second-order valence-electron chi connectivity index (χ2n) is 4.74. The van der Waals surface area contributed by atoms with Gasteiger partial charge in [0, 0.05) is 11.5 Å². The summed E-state index contributed by atoms with van der Waals surface area (Å²) >= 11 is 9.09. The van der Waals surface area contributed by atoms with Gasteiger partial charge in [-0.1, -0.05) is 25.5 Å². The van der Waals surface area contributed by atoms with Crippen molar-refractivity contribution in [3.63, 3.8) is 0 Å². The van der Waals surface area contributed by atoms with E-state index in [9.17, 15) is 0 Å². The second-order valence-corrected chi connectivity index (χ2v) is 5.98. The Kier molecular flexibility index (Phi) is 3.52. The van der Waals surface area contributed by atoms with E-state index in [4.69, 9.17) is 12.2 Å². The van der Waals surface area contributed by atoms with Gasteiger partial charge in [-0.05, 0) is 46.7 Å². The van der Waals surface area contributed by atoms with Crippen molar-refractivity contribution < 1.29 is 0 Å². The predicted molar refractivity (Wildman–Crippen MR) is 86.9 cm³/mol. The molecule has 0 saturated carbocycles. The van der Waals surface area contributed by atoms with Gasteiger partial charge in [0.1, 0.15) is 5.52 Å². The molecule has 20 heavy (non-hydrogen) atoms. The first kappa shape index (κ1) is 13.6. The van der Waals surface area contributed by atoms with E-state index >= 15 is 0 Å². The summed E-state index contributed by atoms with van der Waals surface area (Å²) < 4.78 is 5.62. The summed E-state index contributed by atoms with van der Waals surface area (Å²) in [5.41, 5.74) is 4.14. The van der Waals surface area contributed by atoms with Crippen molar-refractivity contribution in [1.82, 2.24) is 19.3 Å². The predicted octanol–water partition coefficient (Wildman–Crippen LogP) is 4.14. The Labute approximate surface area is 130 Å². The van der Waals surface area contributed by atoms with Crippen molar-refractivity contribution in [2.75, 3.05) is 0 Å². The quantitative estimate of drug-likeness (QED) is 0.721. The van der Waals surface area contributed by atoms with Gasteiger partial charge in [-0.25, -0.2) is 4.68 Å². The minimum absolute atomic E-state index is 0.692. The van der Waals surface area contributed by atoms with Crippen LogP contribution in [0.3, 0.4) is 0 Å². The Hall–Kier alpha value is -1.40. The van der Waals surface area contributed by atoms with Crippen LogP contribution >= 0.6 is 28.1 Å². The number of benzene rings is 1. The third-order valence-electron chi connectivity index (χ3n) is 3.32. The van der Waals surface area contributed by atoms with E-state index < -0.39 is 0 Å². The van der Waals surface area contributed by atoms with Crippen LogP contribution in [0.1, 0.15) is 19.0 Å². The Balaban J connectivity index is 2.35. The SMILES string of the molecule is CCCc1nn(C)c2c1[nH]c(=S)n2-c1ccccc1Br. The topological polar surface area (TPSA) is 38.5 Å². The maximum absolute atomic E-state index is 5.50. The summed E-state index contributed by atoms with van der Waals surface area (Å²) in [5.74, 6) is 0. The molecule has 0 aliphatic heterocycles. The fourth-order valence-corrected chi connectivity index (χ4v) is 3.23. The van der Waals surface area contributed by atoms with E-state index in [0.717, 1.165) is 39.9 Å². The fourth-order valence-electron chi connectivity index (χ4n) is 2.48. The van der Waals surface area contributed by atoms with Crippen LogP contribution in [0.5, 0.6) is 0 Å². The minimum Gasteiger partial charge on any atom is -0.327 e. The maximum Gasteiger partial charge on any atom is 0.184 e. The number of aryl methyl sites for hydroxylation is 2. The van der Waals surface area contributed by atoms with Gasteiger partial charge in [0.15, 0.2) is 10.4 Å². The molecule has 3 rings (SSSR count). The Morgan fingerprint density at radius 2 is 2.10 bits per heavy atom. The van der Waals surface area contributed by atoms with Gasteiger partial charge in [-0.3, -0.25) is 4.57 Å². The van der Waals surface area contributed by atoms with Gasteiger partial charge in [0.05, 0.1) is 11.4 Å². The number of imidazole rings is 1. The lowest BCUT2D eigenvalue weighted by Crippen LogP contribution is -2.01. The third-order valence-corrected chi connectivity index (χ3v) is 4.27. The molecule has 0 unspecified atom stereocenters. The van der Waals surface area contributed by atoms with Crippen molar-refractivity contribution in [3.05, 3.63) is 39.2 Å². The molecule has 104 valence electrons. The van der Waals surface area contributed by atoms with Crippen LogP contribution in [-0.2, 0) is 13.5 Å². The van der Waals surface area contributed by atoms with Crippen LogP contribution in [0, 0.1) is 4.77 Å². The molecular formula is C14H15BrN4S. The first-order chi connectivity index (χ1) is 9.63. The van der Waals surface area contributed by atoms with Gasteiger partial charge in [-0.15, -0.1) is 0 Å². The lowest BCUT2D eigenvalue weighted by Gasteiger charge is -2.06. The Morgan fingerprint density at radius 3 is 2.80 bits per heavy atom. The lowest BCUT2D eigenvalue weighted by atomic mass is 10.2. The third kappa shape index (κ3) is 2.03. The molecule has 1 aromatic carbocycles. The summed E-state index contributed by atoms with van der Waals surface area (Å²) in [5, 5.41) is 4.60. The largest absolute Gasteiger partial charge is 0.327 e. The molecule has 2 aromatic heterocycles. The number of aromatic amines is 1. The smallest absolute Gasteiger partial charge is 0.184 e. The number of nitrogens with zero attached hydrogens (tertiary/aromatic N) is 3. The zero-order valence-corrected chi connectivity index (χ0v) is 13.8. The van der Waals surface area contributed by atoms with Crippen molar-refractivity contribution >= 4 is 39.3 Å². The molecule has 0 radical (unpaired) electrons. The second kappa shape index (κ2) is 5.18. The molecule has 4 nitrogen and oxygen atoms in total. The van der Waals surface area contributed by atoms with Crippen LogP contribution in [0.4, 0.5) is 0 Å². The van der Waals surface area contributed by atoms with Crippen LogP contribution in [0.25, 0.3) is 16.9 Å². The van der Waals surface area contributed by atoms with E-state index in [0.29, 0.717) is 4.77 Å².